The molecule has 0 bridgehead atoms. The second-order valence-corrected chi connectivity index (χ2v) is 6.47. The number of hydrogen-bond donors (Lipinski definition) is 1. The zero-order valence-corrected chi connectivity index (χ0v) is 13.2. The van der Waals surface area contributed by atoms with Crippen molar-refractivity contribution in [2.75, 3.05) is 5.43 Å². The lowest BCUT2D eigenvalue weighted by atomic mass is 10.1. The van der Waals surface area contributed by atoms with E-state index < -0.39 is 0 Å². The number of thiazole rings is 1. The molecule has 0 aliphatic heterocycles. The van der Waals surface area contributed by atoms with Gasteiger partial charge >= 0.3 is 0 Å². The van der Waals surface area contributed by atoms with Crippen molar-refractivity contribution in [1.29, 1.82) is 0 Å². The molecule has 0 spiro atoms. The van der Waals surface area contributed by atoms with Crippen LogP contribution < -0.4 is 5.43 Å². The van der Waals surface area contributed by atoms with E-state index in [4.69, 9.17) is 0 Å². The van der Waals surface area contributed by atoms with E-state index >= 15 is 0 Å². The maximum atomic E-state index is 4.62. The molecule has 2 aromatic rings. The fourth-order valence-corrected chi connectivity index (χ4v) is 3.22. The smallest absolute Gasteiger partial charge is 0.203 e. The van der Waals surface area contributed by atoms with E-state index in [-0.39, 0.29) is 0 Å². The van der Waals surface area contributed by atoms with Gasteiger partial charge in [-0.2, -0.15) is 5.10 Å². The third-order valence-electron chi connectivity index (χ3n) is 3.84. The monoisotopic (exact) mass is 299 g/mol. The highest BCUT2D eigenvalue weighted by Crippen LogP contribution is 2.25. The number of rotatable bonds is 3. The molecule has 3 nitrogen and oxygen atoms in total. The Kier molecular flexibility index (Phi) is 4.65. The quantitative estimate of drug-likeness (QED) is 0.621. The minimum Gasteiger partial charge on any atom is -0.253 e. The van der Waals surface area contributed by atoms with Crippen LogP contribution in [-0.2, 0) is 0 Å². The van der Waals surface area contributed by atoms with Crippen molar-refractivity contribution in [3.63, 3.8) is 0 Å². The van der Waals surface area contributed by atoms with Crippen molar-refractivity contribution < 1.29 is 0 Å². The van der Waals surface area contributed by atoms with Gasteiger partial charge in [-0.1, -0.05) is 42.7 Å². The average Bonchev–Trinajstić information content (AvgIpc) is 2.81. The van der Waals surface area contributed by atoms with E-state index in [1.807, 2.05) is 0 Å². The molecule has 0 saturated heterocycles. The molecule has 1 aliphatic rings. The van der Waals surface area contributed by atoms with Gasteiger partial charge in [-0.15, -0.1) is 11.3 Å². The number of hydrogen-bond acceptors (Lipinski definition) is 4. The highest BCUT2D eigenvalue weighted by molar-refractivity contribution is 7.14. The molecule has 21 heavy (non-hydrogen) atoms. The van der Waals surface area contributed by atoms with Crippen molar-refractivity contribution in [3.05, 3.63) is 35.2 Å². The number of aryl methyl sites for hydroxylation is 1. The Morgan fingerprint density at radius 2 is 1.76 bits per heavy atom. The first-order valence-corrected chi connectivity index (χ1v) is 8.53. The van der Waals surface area contributed by atoms with Crippen LogP contribution in [0.4, 0.5) is 5.13 Å². The Morgan fingerprint density at radius 3 is 2.48 bits per heavy atom. The summed E-state index contributed by atoms with van der Waals surface area (Å²) in [7, 11) is 0. The molecule has 4 heteroatoms. The third kappa shape index (κ3) is 3.91. The third-order valence-corrected chi connectivity index (χ3v) is 4.59. The molecule has 0 amide bonds. The van der Waals surface area contributed by atoms with Crippen molar-refractivity contribution >= 4 is 22.2 Å². The molecule has 1 fully saturated rings. The van der Waals surface area contributed by atoms with Gasteiger partial charge < -0.3 is 0 Å². The highest BCUT2D eigenvalue weighted by Gasteiger charge is 2.07. The maximum absolute atomic E-state index is 4.62. The molecule has 0 radical (unpaired) electrons. The van der Waals surface area contributed by atoms with Gasteiger partial charge in [0.1, 0.15) is 0 Å². The van der Waals surface area contributed by atoms with E-state index in [0.717, 1.165) is 29.2 Å². The van der Waals surface area contributed by atoms with Crippen LogP contribution in [0.1, 0.15) is 44.1 Å². The summed E-state index contributed by atoms with van der Waals surface area (Å²) in [6.07, 6.45) is 7.48. The van der Waals surface area contributed by atoms with Crippen LogP contribution in [0.2, 0.25) is 0 Å². The largest absolute Gasteiger partial charge is 0.253 e. The summed E-state index contributed by atoms with van der Waals surface area (Å²) < 4.78 is 0. The Bertz CT molecular complexity index is 603. The summed E-state index contributed by atoms with van der Waals surface area (Å²) in [5, 5.41) is 7.51. The summed E-state index contributed by atoms with van der Waals surface area (Å²) in [6, 6.07) is 8.47. The molecular formula is C17H21N3S. The molecule has 1 saturated carbocycles. The van der Waals surface area contributed by atoms with Gasteiger partial charge in [-0.3, -0.25) is 5.43 Å². The summed E-state index contributed by atoms with van der Waals surface area (Å²) >= 11 is 1.61. The molecule has 110 valence electrons. The van der Waals surface area contributed by atoms with Crippen molar-refractivity contribution in [3.8, 4) is 11.3 Å². The standard InChI is InChI=1S/C17H21N3S/c1-13-8-10-14(11-9-13)16-12-21-17(18-16)20-19-15-6-4-2-3-5-7-15/h8-12H,2-7H2,1H3,(H,18,20). The summed E-state index contributed by atoms with van der Waals surface area (Å²) in [5.41, 5.74) is 7.88. The molecule has 1 aromatic heterocycles. The van der Waals surface area contributed by atoms with Crippen molar-refractivity contribution in [1.82, 2.24) is 4.98 Å². The van der Waals surface area contributed by atoms with E-state index in [1.54, 1.807) is 11.3 Å². The fraction of sp³-hybridized carbons (Fsp3) is 0.412. The van der Waals surface area contributed by atoms with Gasteiger partial charge in [0.15, 0.2) is 0 Å². The molecule has 1 N–H and O–H groups in total. The minimum atomic E-state index is 0.877. The Balaban J connectivity index is 1.67. The SMILES string of the molecule is Cc1ccc(-c2csc(NN=C3CCCCCC3)n2)cc1. The topological polar surface area (TPSA) is 37.3 Å². The summed E-state index contributed by atoms with van der Waals surface area (Å²) in [5.74, 6) is 0. The van der Waals surface area contributed by atoms with Crippen LogP contribution in [-0.4, -0.2) is 10.7 Å². The van der Waals surface area contributed by atoms with Crippen LogP contribution in [0.3, 0.4) is 0 Å². The Morgan fingerprint density at radius 1 is 1.05 bits per heavy atom. The Hall–Kier alpha value is -1.68. The van der Waals surface area contributed by atoms with Crippen LogP contribution in [0.25, 0.3) is 11.3 Å². The predicted octanol–water partition coefficient (Wildman–Crippen LogP) is 5.24. The number of nitrogens with zero attached hydrogens (tertiary/aromatic N) is 2. The zero-order valence-electron chi connectivity index (χ0n) is 12.4. The molecule has 1 aromatic carbocycles. The second kappa shape index (κ2) is 6.85. The normalized spacial score (nSPS) is 15.6. The predicted molar refractivity (Wildman–Crippen MR) is 91.0 cm³/mol. The van der Waals surface area contributed by atoms with Gasteiger partial charge in [0, 0.05) is 16.7 Å². The van der Waals surface area contributed by atoms with Crippen LogP contribution in [0.5, 0.6) is 0 Å². The summed E-state index contributed by atoms with van der Waals surface area (Å²) in [4.78, 5) is 4.62. The minimum absolute atomic E-state index is 0.877. The van der Waals surface area contributed by atoms with Gasteiger partial charge in [-0.05, 0) is 32.6 Å². The molecule has 3 rings (SSSR count). The maximum Gasteiger partial charge on any atom is 0.203 e. The highest BCUT2D eigenvalue weighted by atomic mass is 32.1. The van der Waals surface area contributed by atoms with Crippen molar-refractivity contribution in [2.45, 2.75) is 45.4 Å². The molecule has 1 heterocycles. The lowest BCUT2D eigenvalue weighted by Gasteiger charge is -2.01. The summed E-state index contributed by atoms with van der Waals surface area (Å²) in [6.45, 7) is 2.10. The van der Waals surface area contributed by atoms with Crippen molar-refractivity contribution in [2.24, 2.45) is 5.10 Å². The number of aromatic nitrogens is 1. The first-order chi connectivity index (χ1) is 10.3. The number of nitrogens with one attached hydrogen (secondary N) is 1. The number of anilines is 1. The zero-order chi connectivity index (χ0) is 14.5. The number of benzene rings is 1. The van der Waals surface area contributed by atoms with E-state index in [0.29, 0.717) is 0 Å². The van der Waals surface area contributed by atoms with Crippen LogP contribution >= 0.6 is 11.3 Å². The van der Waals surface area contributed by atoms with Crippen LogP contribution in [0, 0.1) is 6.92 Å². The lowest BCUT2D eigenvalue weighted by Crippen LogP contribution is -2.00. The first kappa shape index (κ1) is 14.3. The van der Waals surface area contributed by atoms with E-state index in [9.17, 15) is 0 Å². The average molecular weight is 299 g/mol. The van der Waals surface area contributed by atoms with E-state index in [1.165, 1.54) is 37.0 Å². The second-order valence-electron chi connectivity index (χ2n) is 5.61. The molecule has 0 atom stereocenters. The van der Waals surface area contributed by atoms with Gasteiger partial charge in [0.25, 0.3) is 0 Å². The van der Waals surface area contributed by atoms with Gasteiger partial charge in [0.05, 0.1) is 5.69 Å². The van der Waals surface area contributed by atoms with Gasteiger partial charge in [0.2, 0.25) is 5.13 Å². The van der Waals surface area contributed by atoms with Crippen LogP contribution in [0.15, 0.2) is 34.7 Å². The Labute approximate surface area is 130 Å². The molecule has 1 aliphatic carbocycles. The van der Waals surface area contributed by atoms with Gasteiger partial charge in [-0.25, -0.2) is 4.98 Å². The first-order valence-electron chi connectivity index (χ1n) is 7.65. The fourth-order valence-electron chi connectivity index (χ4n) is 2.56. The van der Waals surface area contributed by atoms with E-state index in [2.05, 4.69) is 52.1 Å². The molecular weight excluding hydrogens is 278 g/mol. The number of hydrazone groups is 1. The molecule has 0 unspecified atom stereocenters. The lowest BCUT2D eigenvalue weighted by molar-refractivity contribution is 0.702.